The van der Waals surface area contributed by atoms with Crippen LogP contribution in [0, 0.1) is 17.0 Å². The maximum Gasteiger partial charge on any atom is 0.414 e. The van der Waals surface area contributed by atoms with Crippen LogP contribution in [0.3, 0.4) is 0 Å². The summed E-state index contributed by atoms with van der Waals surface area (Å²) in [6.45, 7) is 0.644. The van der Waals surface area contributed by atoms with Gasteiger partial charge in [0.25, 0.3) is 0 Å². The molecule has 1 aromatic rings. The van der Waals surface area contributed by atoms with Gasteiger partial charge in [0, 0.05) is 42.1 Å². The van der Waals surface area contributed by atoms with Crippen molar-refractivity contribution >= 4 is 34.2 Å². The van der Waals surface area contributed by atoms with Crippen LogP contribution in [0.5, 0.6) is 0 Å². The van der Waals surface area contributed by atoms with Gasteiger partial charge in [0.2, 0.25) is 0 Å². The average molecular weight is 447 g/mol. The molecule has 12 heteroatoms. The first kappa shape index (κ1) is 20.9. The Kier molecular flexibility index (Phi) is 5.19. The number of rotatable bonds is 4. The number of carboxylic acid groups (broad SMARTS) is 1. The van der Waals surface area contributed by atoms with Crippen LogP contribution in [0.2, 0.25) is 0 Å². The Morgan fingerprint density at radius 2 is 1.83 bits per heavy atom. The number of ether oxygens (including phenoxy) is 1. The van der Waals surface area contributed by atoms with Gasteiger partial charge in [0.05, 0.1) is 18.8 Å². The number of cyclic esters (lactones) is 1. The second-order valence-electron chi connectivity index (χ2n) is 8.14. The van der Waals surface area contributed by atoms with Crippen LogP contribution >= 0.6 is 10.6 Å². The molecule has 1 aromatic carbocycles. The fraction of sp³-hybridized carbons (Fsp3) is 0.556. The number of carbonyl (C=O) groups excluding carboxylic acids is 1. The Morgan fingerprint density at radius 3 is 2.37 bits per heavy atom. The van der Waals surface area contributed by atoms with Crippen molar-refractivity contribution < 1.29 is 37.3 Å². The Morgan fingerprint density at radius 1 is 1.23 bits per heavy atom. The summed E-state index contributed by atoms with van der Waals surface area (Å²) in [7, 11) is -2.47. The summed E-state index contributed by atoms with van der Waals surface area (Å²) in [5.41, 5.74) is -0.324. The van der Waals surface area contributed by atoms with Crippen molar-refractivity contribution in [2.45, 2.75) is 18.9 Å². The minimum atomic E-state index is -2.47. The second kappa shape index (κ2) is 7.43. The summed E-state index contributed by atoms with van der Waals surface area (Å²) in [6.07, 6.45) is -1.57. The topological polar surface area (TPSA) is 123 Å². The van der Waals surface area contributed by atoms with Crippen molar-refractivity contribution in [1.82, 2.24) is 5.32 Å². The Balaban J connectivity index is 1.44. The highest BCUT2D eigenvalue weighted by Gasteiger charge is 2.49. The lowest BCUT2D eigenvalue weighted by molar-refractivity contribution is 0.136. The van der Waals surface area contributed by atoms with E-state index in [1.807, 2.05) is 0 Å². The van der Waals surface area contributed by atoms with Crippen molar-refractivity contribution in [1.29, 1.82) is 0 Å². The normalized spacial score (nSPS) is 25.6. The van der Waals surface area contributed by atoms with E-state index in [4.69, 9.17) is 9.84 Å². The van der Waals surface area contributed by atoms with Crippen LogP contribution in [0.4, 0.5) is 29.7 Å². The van der Waals surface area contributed by atoms with Gasteiger partial charge in [-0.05, 0) is 12.8 Å². The fourth-order valence-electron chi connectivity index (χ4n) is 4.48. The van der Waals surface area contributed by atoms with Crippen molar-refractivity contribution in [3.05, 3.63) is 23.8 Å². The van der Waals surface area contributed by atoms with E-state index in [0.717, 1.165) is 17.0 Å². The van der Waals surface area contributed by atoms with E-state index in [9.17, 15) is 27.5 Å². The number of nitrogens with one attached hydrogen (secondary N) is 1. The number of hydrogen-bond donors (Lipinski definition) is 4. The maximum absolute atomic E-state index is 14.8. The van der Waals surface area contributed by atoms with E-state index < -0.39 is 40.5 Å². The van der Waals surface area contributed by atoms with Gasteiger partial charge < -0.3 is 20.1 Å². The summed E-state index contributed by atoms with van der Waals surface area (Å²) in [4.78, 5) is 25.3. The molecule has 1 atom stereocenters. The molecular weight excluding hydrogens is 424 g/mol. The number of carbonyl (C=O) groups is 2. The molecule has 3 aliphatic rings. The molecule has 4 N–H and O–H groups in total. The van der Waals surface area contributed by atoms with Crippen molar-refractivity contribution in [2.24, 2.45) is 5.41 Å². The molecule has 1 unspecified atom stereocenters. The molecular formula is C18H23F2N3O6S. The molecule has 30 heavy (non-hydrogen) atoms. The smallest absolute Gasteiger partial charge is 0.414 e. The third kappa shape index (κ3) is 3.98. The molecule has 9 nitrogen and oxygen atoms in total. The number of piperidine rings is 1. The number of amides is 2. The largest absolute Gasteiger partial charge is 0.465 e. The summed E-state index contributed by atoms with van der Waals surface area (Å²) < 4.78 is 54.0. The maximum atomic E-state index is 14.8. The molecule has 0 saturated carbocycles. The number of anilines is 2. The Labute approximate surface area is 172 Å². The molecule has 1 spiro atoms. The lowest BCUT2D eigenvalue weighted by Crippen LogP contribution is -2.52. The standard InChI is InChI=1S/C18H23F2N3O6S/c19-13-5-11(23-8-12(29-17(23)26)7-21-16(24)25)6-14(20)15(13)22-3-1-18(2-4-22)9-30(27,28)10-18/h5-6,12,21,27-28H,1-4,7-10H2,(H,24,25). The molecule has 3 saturated heterocycles. The average Bonchev–Trinajstić information content (AvgIpc) is 3.00. The van der Waals surface area contributed by atoms with Gasteiger partial charge in [-0.3, -0.25) is 14.0 Å². The van der Waals surface area contributed by atoms with E-state index in [2.05, 4.69) is 5.32 Å². The predicted octanol–water partition coefficient (Wildman–Crippen LogP) is 2.91. The van der Waals surface area contributed by atoms with Gasteiger partial charge in [-0.15, -0.1) is 0 Å². The van der Waals surface area contributed by atoms with E-state index in [0.29, 0.717) is 37.4 Å². The second-order valence-corrected chi connectivity index (χ2v) is 10.3. The first-order valence-corrected chi connectivity index (χ1v) is 11.4. The van der Waals surface area contributed by atoms with Crippen LogP contribution in [-0.4, -0.2) is 70.2 Å². The number of nitrogens with zero attached hydrogens (tertiary/aromatic N) is 2. The van der Waals surface area contributed by atoms with Crippen molar-refractivity contribution in [2.75, 3.05) is 47.5 Å². The molecule has 0 aromatic heterocycles. The Hall–Kier alpha value is -2.31. The zero-order chi connectivity index (χ0) is 21.7. The molecule has 0 bridgehead atoms. The zero-order valence-electron chi connectivity index (χ0n) is 16.0. The summed E-state index contributed by atoms with van der Waals surface area (Å²) in [5.74, 6) is -0.906. The van der Waals surface area contributed by atoms with Crippen LogP contribution in [0.25, 0.3) is 0 Å². The lowest BCUT2D eigenvalue weighted by Gasteiger charge is -2.58. The van der Waals surface area contributed by atoms with E-state index in [1.54, 1.807) is 4.90 Å². The van der Waals surface area contributed by atoms with Crippen LogP contribution in [0.1, 0.15) is 12.8 Å². The summed E-state index contributed by atoms with van der Waals surface area (Å²) in [6, 6.07) is 2.13. The van der Waals surface area contributed by atoms with Gasteiger partial charge in [0.1, 0.15) is 11.8 Å². The first-order chi connectivity index (χ1) is 14.1. The summed E-state index contributed by atoms with van der Waals surface area (Å²) in [5, 5.41) is 10.7. The predicted molar refractivity (Wildman–Crippen MR) is 106 cm³/mol. The molecule has 3 heterocycles. The van der Waals surface area contributed by atoms with Gasteiger partial charge in [-0.1, -0.05) is 0 Å². The van der Waals surface area contributed by atoms with Crippen LogP contribution in [-0.2, 0) is 4.74 Å². The lowest BCUT2D eigenvalue weighted by atomic mass is 9.81. The van der Waals surface area contributed by atoms with Crippen molar-refractivity contribution in [3.63, 3.8) is 0 Å². The van der Waals surface area contributed by atoms with Gasteiger partial charge in [-0.25, -0.2) is 18.4 Å². The minimum absolute atomic E-state index is 0.00186. The van der Waals surface area contributed by atoms with E-state index in [1.165, 1.54) is 0 Å². The van der Waals surface area contributed by atoms with Crippen LogP contribution < -0.4 is 15.1 Å². The third-order valence-corrected chi connectivity index (χ3v) is 8.03. The third-order valence-electron chi connectivity index (χ3n) is 5.88. The highest BCUT2D eigenvalue weighted by Crippen LogP contribution is 2.62. The number of hydrogen-bond acceptors (Lipinski definition) is 6. The molecule has 0 aliphatic carbocycles. The molecule has 2 amide bonds. The monoisotopic (exact) mass is 447 g/mol. The minimum Gasteiger partial charge on any atom is -0.465 e. The highest BCUT2D eigenvalue weighted by molar-refractivity contribution is 8.25. The molecule has 3 fully saturated rings. The number of benzene rings is 1. The molecule has 166 valence electrons. The van der Waals surface area contributed by atoms with Crippen molar-refractivity contribution in [3.8, 4) is 0 Å². The first-order valence-electron chi connectivity index (χ1n) is 9.50. The molecule has 0 radical (unpaired) electrons. The number of halogens is 2. The van der Waals surface area contributed by atoms with Crippen LogP contribution in [0.15, 0.2) is 12.1 Å². The molecule has 3 aliphatic heterocycles. The Bertz CT molecular complexity index is 844. The van der Waals surface area contributed by atoms with E-state index in [-0.39, 0.29) is 29.9 Å². The zero-order valence-corrected chi connectivity index (χ0v) is 16.8. The molecule has 4 rings (SSSR count). The van der Waals surface area contributed by atoms with Gasteiger partial charge in [0.15, 0.2) is 11.6 Å². The van der Waals surface area contributed by atoms with Gasteiger partial charge in [-0.2, -0.15) is 10.6 Å². The quantitative estimate of drug-likeness (QED) is 0.560. The van der Waals surface area contributed by atoms with E-state index >= 15 is 0 Å². The van der Waals surface area contributed by atoms with Gasteiger partial charge >= 0.3 is 12.2 Å². The fourth-order valence-corrected chi connectivity index (χ4v) is 6.94. The highest BCUT2D eigenvalue weighted by atomic mass is 32.3. The summed E-state index contributed by atoms with van der Waals surface area (Å²) >= 11 is 0. The SMILES string of the molecule is O=C(O)NCC1CN(c2cc(F)c(N3CCC4(CC3)CS(O)(O)C4)c(F)c2)C(=O)O1.